The van der Waals surface area contributed by atoms with Crippen molar-refractivity contribution >= 4 is 46.8 Å². The number of carbonyl (C=O) groups is 2. The van der Waals surface area contributed by atoms with Gasteiger partial charge < -0.3 is 30.3 Å². The second-order valence-corrected chi connectivity index (χ2v) is 10.4. The molecule has 2 saturated heterocycles. The summed E-state index contributed by atoms with van der Waals surface area (Å²) in [7, 11) is 0. The monoisotopic (exact) mass is 589 g/mol. The number of nitrogens with zero attached hydrogens (tertiary/aromatic N) is 3. The van der Waals surface area contributed by atoms with Gasteiger partial charge >= 0.3 is 6.09 Å². The average molecular weight is 590 g/mol. The first kappa shape index (κ1) is 28.9. The average Bonchev–Trinajstić information content (AvgIpc) is 3.39. The van der Waals surface area contributed by atoms with E-state index in [1.165, 1.54) is 11.0 Å². The molecule has 0 aliphatic carbocycles. The number of nitrogens with one attached hydrogen (secondary N) is 1. The molecule has 0 spiro atoms. The van der Waals surface area contributed by atoms with E-state index < -0.39 is 18.0 Å². The number of ether oxygens (including phenoxy) is 2. The Kier molecular flexibility index (Phi) is 9.18. The first-order valence-electron chi connectivity index (χ1n) is 13.7. The van der Waals surface area contributed by atoms with Gasteiger partial charge in [-0.05, 0) is 59.8 Å². The maximum absolute atomic E-state index is 15.1. The molecule has 2 aliphatic heterocycles. The predicted octanol–water partition coefficient (Wildman–Crippen LogP) is 3.93. The lowest BCUT2D eigenvalue weighted by Gasteiger charge is -2.36. The molecule has 2 heterocycles. The van der Waals surface area contributed by atoms with Crippen LogP contribution >= 0.6 is 12.2 Å². The van der Waals surface area contributed by atoms with Crippen molar-refractivity contribution in [1.82, 2.24) is 10.2 Å². The van der Waals surface area contributed by atoms with Gasteiger partial charge in [0.05, 0.1) is 24.5 Å². The fourth-order valence-corrected chi connectivity index (χ4v) is 4.91. The Balaban J connectivity index is 1.10. The lowest BCUT2D eigenvalue weighted by Crippen LogP contribution is -2.48. The van der Waals surface area contributed by atoms with Crippen molar-refractivity contribution in [2.75, 3.05) is 49.1 Å². The van der Waals surface area contributed by atoms with E-state index in [9.17, 15) is 9.59 Å². The number of cyclic esters (lactones) is 1. The quantitative estimate of drug-likeness (QED) is 0.286. The van der Waals surface area contributed by atoms with E-state index in [-0.39, 0.29) is 24.1 Å². The number of hydrogen-bond acceptors (Lipinski definition) is 6. The van der Waals surface area contributed by atoms with E-state index >= 15 is 4.39 Å². The van der Waals surface area contributed by atoms with Crippen molar-refractivity contribution in [3.63, 3.8) is 0 Å². The lowest BCUT2D eigenvalue weighted by molar-refractivity contribution is -0.126. The Morgan fingerprint density at radius 1 is 1.07 bits per heavy atom. The molecule has 3 aromatic rings. The number of carbonyl (C=O) groups excluding carboxylic acids is 2. The van der Waals surface area contributed by atoms with Crippen LogP contribution in [0.15, 0.2) is 78.9 Å². The lowest BCUT2D eigenvalue weighted by atomic mass is 10.2. The molecule has 0 radical (unpaired) electrons. The number of rotatable bonds is 9. The van der Waals surface area contributed by atoms with Gasteiger partial charge in [-0.25, -0.2) is 9.18 Å². The summed E-state index contributed by atoms with van der Waals surface area (Å²) in [6.45, 7) is 2.94. The number of benzene rings is 3. The molecule has 2 fully saturated rings. The van der Waals surface area contributed by atoms with E-state index in [2.05, 4.69) is 5.32 Å². The van der Waals surface area contributed by atoms with E-state index in [0.29, 0.717) is 44.2 Å². The third-order valence-electron chi connectivity index (χ3n) is 7.10. The predicted molar refractivity (Wildman–Crippen MR) is 164 cm³/mol. The molecular weight excluding hydrogens is 557 g/mol. The summed E-state index contributed by atoms with van der Waals surface area (Å²) in [5.41, 5.74) is 8.26. The number of piperazine rings is 1. The molecule has 2 amide bonds. The van der Waals surface area contributed by atoms with Gasteiger partial charge in [-0.2, -0.15) is 0 Å². The fourth-order valence-electron chi connectivity index (χ4n) is 4.83. The highest BCUT2D eigenvalue weighted by Gasteiger charge is 2.33. The Hall–Kier alpha value is -4.64. The van der Waals surface area contributed by atoms with Gasteiger partial charge in [0.15, 0.2) is 5.11 Å². The number of halogens is 1. The molecule has 3 N–H and O–H groups in total. The highest BCUT2D eigenvalue weighted by atomic mass is 32.1. The van der Waals surface area contributed by atoms with Crippen LogP contribution in [0.2, 0.25) is 0 Å². The van der Waals surface area contributed by atoms with Crippen LogP contribution in [0.3, 0.4) is 0 Å². The maximum Gasteiger partial charge on any atom is 0.414 e. The van der Waals surface area contributed by atoms with Crippen LogP contribution in [-0.4, -0.2) is 67.4 Å². The maximum atomic E-state index is 15.1. The zero-order valence-corrected chi connectivity index (χ0v) is 23.8. The van der Waals surface area contributed by atoms with Gasteiger partial charge in [-0.1, -0.05) is 42.5 Å². The van der Waals surface area contributed by atoms with Crippen LogP contribution in [0.1, 0.15) is 11.1 Å². The molecule has 11 heteroatoms. The van der Waals surface area contributed by atoms with Gasteiger partial charge in [0.2, 0.25) is 5.91 Å². The largest absolute Gasteiger partial charge is 0.489 e. The molecular formula is C31H32FN5O4S. The molecule has 5 rings (SSSR count). The Morgan fingerprint density at radius 2 is 1.81 bits per heavy atom. The van der Waals surface area contributed by atoms with Crippen molar-refractivity contribution in [3.05, 3.63) is 95.8 Å². The number of hydrogen-bond donors (Lipinski definition) is 2. The van der Waals surface area contributed by atoms with Gasteiger partial charge in [0.25, 0.3) is 0 Å². The third-order valence-corrected chi connectivity index (χ3v) is 7.24. The van der Waals surface area contributed by atoms with Crippen LogP contribution in [0, 0.1) is 5.82 Å². The highest BCUT2D eigenvalue weighted by molar-refractivity contribution is 7.80. The molecule has 0 aromatic heterocycles. The molecule has 1 atom stereocenters. The standard InChI is InChI=1S/C31H32FN5O4S/c32-27-18-24(37-20-26(41-31(37)39)19-34-30(33)42)9-12-28(27)35-14-16-36(17-15-35)29(38)13-8-22-6-10-25(11-7-22)40-21-23-4-2-1-3-5-23/h1-13,18,26H,14-17,19-21H2,(H3,33,34,42)/t26-/m0/s1. The zero-order chi connectivity index (χ0) is 29.5. The first-order valence-corrected chi connectivity index (χ1v) is 14.1. The SMILES string of the molecule is NC(=S)NC[C@H]1CN(c2ccc(N3CCN(C(=O)C=Cc4ccc(OCc5ccccc5)cc4)CC3)c(F)c2)C(=O)O1. The Labute approximate surface area is 249 Å². The zero-order valence-electron chi connectivity index (χ0n) is 22.9. The Bertz CT molecular complexity index is 1450. The molecule has 2 aliphatic rings. The summed E-state index contributed by atoms with van der Waals surface area (Å²) >= 11 is 4.78. The minimum Gasteiger partial charge on any atom is -0.489 e. The van der Waals surface area contributed by atoms with Crippen molar-refractivity contribution in [2.45, 2.75) is 12.7 Å². The van der Waals surface area contributed by atoms with Crippen molar-refractivity contribution in [2.24, 2.45) is 5.73 Å². The molecule has 218 valence electrons. The van der Waals surface area contributed by atoms with Crippen LogP contribution in [0.25, 0.3) is 6.08 Å². The van der Waals surface area contributed by atoms with Crippen LogP contribution in [-0.2, 0) is 16.1 Å². The van der Waals surface area contributed by atoms with Gasteiger partial charge in [0, 0.05) is 32.3 Å². The molecule has 9 nitrogen and oxygen atoms in total. The first-order chi connectivity index (χ1) is 20.4. The third kappa shape index (κ3) is 7.35. The van der Waals surface area contributed by atoms with Gasteiger partial charge in [-0.3, -0.25) is 9.69 Å². The molecule has 0 bridgehead atoms. The highest BCUT2D eigenvalue weighted by Crippen LogP contribution is 2.28. The summed E-state index contributed by atoms with van der Waals surface area (Å²) in [6, 6.07) is 22.2. The second-order valence-electron chi connectivity index (χ2n) is 9.99. The number of nitrogens with two attached hydrogens (primary N) is 1. The van der Waals surface area contributed by atoms with Crippen LogP contribution < -0.4 is 25.6 Å². The summed E-state index contributed by atoms with van der Waals surface area (Å²) in [5, 5.41) is 2.89. The van der Waals surface area contributed by atoms with Crippen molar-refractivity contribution in [1.29, 1.82) is 0 Å². The fraction of sp³-hybridized carbons (Fsp3) is 0.258. The summed E-state index contributed by atoms with van der Waals surface area (Å²) in [6.07, 6.45) is 2.34. The van der Waals surface area contributed by atoms with Crippen molar-refractivity contribution < 1.29 is 23.5 Å². The van der Waals surface area contributed by atoms with E-state index in [0.717, 1.165) is 16.9 Å². The number of anilines is 2. The van der Waals surface area contributed by atoms with E-state index in [1.54, 1.807) is 29.2 Å². The minimum atomic E-state index is -0.551. The van der Waals surface area contributed by atoms with Gasteiger partial charge in [0.1, 0.15) is 24.3 Å². The van der Waals surface area contributed by atoms with Crippen LogP contribution in [0.5, 0.6) is 5.75 Å². The normalized spacial score (nSPS) is 16.9. The molecule has 0 saturated carbocycles. The smallest absolute Gasteiger partial charge is 0.414 e. The summed E-state index contributed by atoms with van der Waals surface area (Å²) in [5.74, 6) is 0.218. The Morgan fingerprint density at radius 3 is 2.50 bits per heavy atom. The molecule has 3 aromatic carbocycles. The summed E-state index contributed by atoms with van der Waals surface area (Å²) < 4.78 is 26.2. The van der Waals surface area contributed by atoms with E-state index in [1.807, 2.05) is 59.5 Å². The van der Waals surface area contributed by atoms with Crippen LogP contribution in [0.4, 0.5) is 20.6 Å². The topological polar surface area (TPSA) is 100 Å². The molecule has 42 heavy (non-hydrogen) atoms. The van der Waals surface area contributed by atoms with Crippen molar-refractivity contribution in [3.8, 4) is 5.75 Å². The molecule has 0 unspecified atom stereocenters. The number of amides is 2. The second kappa shape index (κ2) is 13.3. The minimum absolute atomic E-state index is 0.0955. The van der Waals surface area contributed by atoms with E-state index in [4.69, 9.17) is 27.4 Å². The number of thiocarbonyl (C=S) groups is 1. The summed E-state index contributed by atoms with van der Waals surface area (Å²) in [4.78, 5) is 30.1. The van der Waals surface area contributed by atoms with Gasteiger partial charge in [-0.15, -0.1) is 0 Å².